The number of nitriles is 1. The quantitative estimate of drug-likeness (QED) is 0.597. The summed E-state index contributed by atoms with van der Waals surface area (Å²) in [6.07, 6.45) is 4.72. The zero-order valence-electron chi connectivity index (χ0n) is 15.0. The summed E-state index contributed by atoms with van der Waals surface area (Å²) in [6, 6.07) is 18.2. The second kappa shape index (κ2) is 6.80. The van der Waals surface area contributed by atoms with Crippen LogP contribution in [-0.2, 0) is 6.42 Å². The lowest BCUT2D eigenvalue weighted by Crippen LogP contribution is -2.24. The Morgan fingerprint density at radius 2 is 1.77 bits per heavy atom. The number of aromatic nitrogens is 1. The Bertz CT molecular complexity index is 1070. The van der Waals surface area contributed by atoms with Crippen molar-refractivity contribution in [2.45, 2.75) is 45.1 Å². The summed E-state index contributed by atoms with van der Waals surface area (Å²) in [5, 5.41) is 11.2. The third-order valence-corrected chi connectivity index (χ3v) is 5.43. The molecule has 3 aromatic rings. The molecule has 2 aromatic carbocycles. The Kier molecular flexibility index (Phi) is 4.34. The van der Waals surface area contributed by atoms with Crippen LogP contribution in [0.1, 0.15) is 49.8 Å². The van der Waals surface area contributed by atoms with Crippen LogP contribution in [0.3, 0.4) is 0 Å². The van der Waals surface area contributed by atoms with Crippen molar-refractivity contribution in [3.8, 4) is 17.3 Å². The zero-order chi connectivity index (χ0) is 18.1. The molecule has 3 nitrogen and oxygen atoms in total. The number of hydrogen-bond acceptors (Lipinski definition) is 2. The Hall–Kier alpha value is -2.86. The summed E-state index contributed by atoms with van der Waals surface area (Å²) in [5.41, 5.74) is 4.51. The highest BCUT2D eigenvalue weighted by molar-refractivity contribution is 5.91. The van der Waals surface area contributed by atoms with E-state index < -0.39 is 0 Å². The number of unbranched alkanes of at least 4 members (excludes halogenated alkanes) is 2. The van der Waals surface area contributed by atoms with Crippen LogP contribution in [0, 0.1) is 11.3 Å². The molecule has 26 heavy (non-hydrogen) atoms. The van der Waals surface area contributed by atoms with E-state index in [1.165, 1.54) is 18.4 Å². The topological polar surface area (TPSA) is 45.8 Å². The van der Waals surface area contributed by atoms with E-state index in [4.69, 9.17) is 0 Å². The molecule has 130 valence electrons. The van der Waals surface area contributed by atoms with Crippen LogP contribution in [0.25, 0.3) is 22.0 Å². The van der Waals surface area contributed by atoms with Crippen molar-refractivity contribution in [3.05, 3.63) is 70.0 Å². The SMILES string of the molecule is CCCCCc1c2n(c(=O)c3ccccc13)C(CC#N)c1ccccc1-2. The Labute approximate surface area is 153 Å². The lowest BCUT2D eigenvalue weighted by atomic mass is 9.95. The summed E-state index contributed by atoms with van der Waals surface area (Å²) in [7, 11) is 0. The average molecular weight is 342 g/mol. The minimum absolute atomic E-state index is 0.0197. The number of benzene rings is 2. The van der Waals surface area contributed by atoms with E-state index in [1.54, 1.807) is 0 Å². The van der Waals surface area contributed by atoms with E-state index in [0.29, 0.717) is 6.42 Å². The van der Waals surface area contributed by atoms with Gasteiger partial charge in [0.15, 0.2) is 0 Å². The largest absolute Gasteiger partial charge is 0.299 e. The van der Waals surface area contributed by atoms with Gasteiger partial charge < -0.3 is 0 Å². The Morgan fingerprint density at radius 1 is 1.04 bits per heavy atom. The van der Waals surface area contributed by atoms with Crippen molar-refractivity contribution in [2.24, 2.45) is 0 Å². The molecule has 0 saturated carbocycles. The predicted molar refractivity (Wildman–Crippen MR) is 105 cm³/mol. The molecule has 1 aliphatic heterocycles. The first-order valence-corrected chi connectivity index (χ1v) is 9.40. The van der Waals surface area contributed by atoms with E-state index in [2.05, 4.69) is 31.2 Å². The number of rotatable bonds is 5. The van der Waals surface area contributed by atoms with Gasteiger partial charge in [0.05, 0.1) is 24.2 Å². The lowest BCUT2D eigenvalue weighted by molar-refractivity contribution is 0.607. The minimum atomic E-state index is -0.187. The van der Waals surface area contributed by atoms with Gasteiger partial charge in [0, 0.05) is 10.9 Å². The van der Waals surface area contributed by atoms with E-state index in [0.717, 1.165) is 40.4 Å². The van der Waals surface area contributed by atoms with Crippen LogP contribution in [-0.4, -0.2) is 4.57 Å². The third kappa shape index (κ3) is 2.45. The van der Waals surface area contributed by atoms with Crippen molar-refractivity contribution >= 4 is 10.8 Å². The molecule has 4 rings (SSSR count). The molecule has 1 aromatic heterocycles. The van der Waals surface area contributed by atoms with Crippen LogP contribution in [0.4, 0.5) is 0 Å². The van der Waals surface area contributed by atoms with Crippen LogP contribution >= 0.6 is 0 Å². The van der Waals surface area contributed by atoms with Crippen LogP contribution in [0.5, 0.6) is 0 Å². The molecule has 0 radical (unpaired) electrons. The standard InChI is InChI=1S/C23H22N2O/c1-2-3-4-11-18-16-9-5-8-13-20(16)23(26)25-21(14-15-24)17-10-6-7-12-19(17)22(18)25/h5-10,12-13,21H,2-4,11,14H2,1H3. The highest BCUT2D eigenvalue weighted by Gasteiger charge is 2.32. The predicted octanol–water partition coefficient (Wildman–Crippen LogP) is 5.22. The number of pyridine rings is 1. The first kappa shape index (κ1) is 16.6. The van der Waals surface area contributed by atoms with Gasteiger partial charge in [-0.25, -0.2) is 0 Å². The highest BCUT2D eigenvalue weighted by atomic mass is 16.1. The summed E-state index contributed by atoms with van der Waals surface area (Å²) in [4.78, 5) is 13.3. The first-order chi connectivity index (χ1) is 12.8. The summed E-state index contributed by atoms with van der Waals surface area (Å²) < 4.78 is 1.89. The lowest BCUT2D eigenvalue weighted by Gasteiger charge is -2.17. The Morgan fingerprint density at radius 3 is 2.54 bits per heavy atom. The fraction of sp³-hybridized carbons (Fsp3) is 0.304. The molecule has 3 heteroatoms. The maximum Gasteiger partial charge on any atom is 0.259 e. The zero-order valence-corrected chi connectivity index (χ0v) is 15.0. The number of aryl methyl sites for hydroxylation is 1. The van der Waals surface area contributed by atoms with Crippen LogP contribution in [0.2, 0.25) is 0 Å². The molecular formula is C23H22N2O. The van der Waals surface area contributed by atoms with Crippen LogP contribution in [0.15, 0.2) is 53.3 Å². The van der Waals surface area contributed by atoms with Gasteiger partial charge in [0.1, 0.15) is 0 Å². The van der Waals surface area contributed by atoms with Crippen LogP contribution < -0.4 is 5.56 Å². The molecule has 0 saturated heterocycles. The van der Waals surface area contributed by atoms with Crippen molar-refractivity contribution in [3.63, 3.8) is 0 Å². The number of fused-ring (bicyclic) bond motifs is 4. The van der Waals surface area contributed by atoms with Gasteiger partial charge in [-0.15, -0.1) is 0 Å². The summed E-state index contributed by atoms with van der Waals surface area (Å²) in [6.45, 7) is 2.20. The normalized spacial score (nSPS) is 14.8. The average Bonchev–Trinajstić information content (AvgIpc) is 3.00. The second-order valence-corrected chi connectivity index (χ2v) is 6.97. The van der Waals surface area contributed by atoms with Gasteiger partial charge in [-0.05, 0) is 35.4 Å². The molecule has 0 spiro atoms. The molecule has 0 bridgehead atoms. The molecular weight excluding hydrogens is 320 g/mol. The fourth-order valence-corrected chi connectivity index (χ4v) is 4.26. The van der Waals surface area contributed by atoms with Crippen molar-refractivity contribution in [1.82, 2.24) is 4.57 Å². The third-order valence-electron chi connectivity index (χ3n) is 5.43. The van der Waals surface area contributed by atoms with E-state index in [9.17, 15) is 10.1 Å². The van der Waals surface area contributed by atoms with E-state index >= 15 is 0 Å². The van der Waals surface area contributed by atoms with Gasteiger partial charge in [-0.1, -0.05) is 62.2 Å². The van der Waals surface area contributed by atoms with Crippen molar-refractivity contribution < 1.29 is 0 Å². The molecule has 2 heterocycles. The molecule has 1 unspecified atom stereocenters. The maximum atomic E-state index is 13.3. The molecule has 0 amide bonds. The van der Waals surface area contributed by atoms with Gasteiger partial charge in [0.25, 0.3) is 5.56 Å². The van der Waals surface area contributed by atoms with E-state index in [-0.39, 0.29) is 11.6 Å². The Balaban J connectivity index is 2.06. The fourth-order valence-electron chi connectivity index (χ4n) is 4.26. The maximum absolute atomic E-state index is 13.3. The second-order valence-electron chi connectivity index (χ2n) is 6.97. The molecule has 1 aliphatic rings. The number of hydrogen-bond donors (Lipinski definition) is 0. The van der Waals surface area contributed by atoms with Gasteiger partial charge in [-0.2, -0.15) is 5.26 Å². The highest BCUT2D eigenvalue weighted by Crippen LogP contribution is 2.43. The monoisotopic (exact) mass is 342 g/mol. The molecule has 0 aliphatic carbocycles. The van der Waals surface area contributed by atoms with E-state index in [1.807, 2.05) is 34.9 Å². The first-order valence-electron chi connectivity index (χ1n) is 9.40. The summed E-state index contributed by atoms with van der Waals surface area (Å²) >= 11 is 0. The molecule has 1 atom stereocenters. The van der Waals surface area contributed by atoms with Gasteiger partial charge in [0.2, 0.25) is 0 Å². The molecule has 0 N–H and O–H groups in total. The summed E-state index contributed by atoms with van der Waals surface area (Å²) in [5.74, 6) is 0. The minimum Gasteiger partial charge on any atom is -0.299 e. The number of nitrogens with zero attached hydrogens (tertiary/aromatic N) is 2. The van der Waals surface area contributed by atoms with Crippen molar-refractivity contribution in [2.75, 3.05) is 0 Å². The van der Waals surface area contributed by atoms with Gasteiger partial charge in [-0.3, -0.25) is 9.36 Å². The smallest absolute Gasteiger partial charge is 0.259 e. The van der Waals surface area contributed by atoms with Crippen molar-refractivity contribution in [1.29, 1.82) is 5.26 Å². The molecule has 0 fully saturated rings. The van der Waals surface area contributed by atoms with Gasteiger partial charge >= 0.3 is 0 Å².